The summed E-state index contributed by atoms with van der Waals surface area (Å²) in [6.45, 7) is 1.91. The number of urea groups is 1. The maximum atomic E-state index is 11.8. The molecule has 1 heterocycles. The van der Waals surface area contributed by atoms with Gasteiger partial charge >= 0.3 is 12.0 Å². The van der Waals surface area contributed by atoms with Gasteiger partial charge in [-0.2, -0.15) is 0 Å². The van der Waals surface area contributed by atoms with Gasteiger partial charge in [0.05, 0.1) is 17.1 Å². The molecule has 1 aromatic heterocycles. The van der Waals surface area contributed by atoms with Gasteiger partial charge in [0, 0.05) is 18.1 Å². The Morgan fingerprint density at radius 1 is 1.29 bits per heavy atom. The Morgan fingerprint density at radius 3 is 2.81 bits per heavy atom. The Hall–Kier alpha value is -2.63. The van der Waals surface area contributed by atoms with E-state index in [-0.39, 0.29) is 6.03 Å². The zero-order valence-electron chi connectivity index (χ0n) is 11.7. The number of aliphatic carboxylic acids is 1. The number of hydrogen-bond donors (Lipinski definition) is 3. The highest BCUT2D eigenvalue weighted by atomic mass is 16.4. The van der Waals surface area contributed by atoms with Crippen LogP contribution < -0.4 is 10.6 Å². The predicted molar refractivity (Wildman–Crippen MR) is 80.2 cm³/mol. The molecule has 1 aromatic carbocycles. The van der Waals surface area contributed by atoms with Crippen LogP contribution in [0, 0.1) is 5.92 Å². The fourth-order valence-electron chi connectivity index (χ4n) is 1.90. The SMILES string of the molecule is CC(CCNC(=O)Nc1cccc2cccnc12)C(=O)O. The lowest BCUT2D eigenvalue weighted by atomic mass is 10.1. The number of benzene rings is 1. The van der Waals surface area contributed by atoms with Gasteiger partial charge in [-0.05, 0) is 18.6 Å². The Bertz CT molecular complexity index is 652. The number of carbonyl (C=O) groups is 2. The van der Waals surface area contributed by atoms with Gasteiger partial charge in [0.1, 0.15) is 0 Å². The van der Waals surface area contributed by atoms with Crippen LogP contribution in [0.15, 0.2) is 36.5 Å². The molecule has 0 spiro atoms. The molecule has 1 unspecified atom stereocenters. The minimum atomic E-state index is -0.865. The Morgan fingerprint density at radius 2 is 2.05 bits per heavy atom. The van der Waals surface area contributed by atoms with E-state index < -0.39 is 11.9 Å². The summed E-state index contributed by atoms with van der Waals surface area (Å²) in [5.74, 6) is -1.35. The molecule has 2 amide bonds. The molecule has 1 atom stereocenters. The number of fused-ring (bicyclic) bond motifs is 1. The van der Waals surface area contributed by atoms with E-state index in [2.05, 4.69) is 15.6 Å². The highest BCUT2D eigenvalue weighted by molar-refractivity contribution is 5.99. The first-order valence-corrected chi connectivity index (χ1v) is 6.69. The molecule has 0 bridgehead atoms. The van der Waals surface area contributed by atoms with E-state index in [1.54, 1.807) is 19.2 Å². The Labute approximate surface area is 122 Å². The van der Waals surface area contributed by atoms with Crippen molar-refractivity contribution in [1.82, 2.24) is 10.3 Å². The molecule has 0 aliphatic heterocycles. The molecule has 2 rings (SSSR count). The highest BCUT2D eigenvalue weighted by Crippen LogP contribution is 2.20. The molecule has 0 saturated heterocycles. The second-order valence-corrected chi connectivity index (χ2v) is 4.79. The second kappa shape index (κ2) is 6.69. The number of rotatable bonds is 5. The first-order valence-electron chi connectivity index (χ1n) is 6.69. The van der Waals surface area contributed by atoms with Gasteiger partial charge in [0.15, 0.2) is 0 Å². The molecule has 2 aromatic rings. The van der Waals surface area contributed by atoms with Crippen LogP contribution >= 0.6 is 0 Å². The molecular weight excluding hydrogens is 270 g/mol. The molecule has 0 radical (unpaired) electrons. The van der Waals surface area contributed by atoms with Gasteiger partial charge < -0.3 is 15.7 Å². The number of pyridine rings is 1. The van der Waals surface area contributed by atoms with Gasteiger partial charge in [-0.1, -0.05) is 25.1 Å². The van der Waals surface area contributed by atoms with Crippen molar-refractivity contribution in [1.29, 1.82) is 0 Å². The summed E-state index contributed by atoms with van der Waals surface area (Å²) in [5.41, 5.74) is 1.34. The van der Waals surface area contributed by atoms with Gasteiger partial charge in [-0.15, -0.1) is 0 Å². The van der Waals surface area contributed by atoms with E-state index in [1.807, 2.05) is 24.3 Å². The lowest BCUT2D eigenvalue weighted by Crippen LogP contribution is -2.31. The predicted octanol–water partition coefficient (Wildman–Crippen LogP) is 2.47. The van der Waals surface area contributed by atoms with Crippen molar-refractivity contribution in [2.24, 2.45) is 5.92 Å². The number of hydrogen-bond acceptors (Lipinski definition) is 3. The molecule has 21 heavy (non-hydrogen) atoms. The van der Waals surface area contributed by atoms with Crippen molar-refractivity contribution < 1.29 is 14.7 Å². The number of nitrogens with one attached hydrogen (secondary N) is 2. The fraction of sp³-hybridized carbons (Fsp3) is 0.267. The van der Waals surface area contributed by atoms with Crippen LogP contribution in [0.25, 0.3) is 10.9 Å². The van der Waals surface area contributed by atoms with Crippen LogP contribution in [-0.2, 0) is 4.79 Å². The van der Waals surface area contributed by atoms with E-state index in [0.717, 1.165) is 5.39 Å². The third-order valence-electron chi connectivity index (χ3n) is 3.17. The number of anilines is 1. The summed E-state index contributed by atoms with van der Waals surface area (Å²) < 4.78 is 0. The molecule has 0 fully saturated rings. The topological polar surface area (TPSA) is 91.3 Å². The minimum absolute atomic E-state index is 0.303. The van der Waals surface area contributed by atoms with Crippen molar-refractivity contribution in [3.05, 3.63) is 36.5 Å². The summed E-state index contributed by atoms with van der Waals surface area (Å²) in [7, 11) is 0. The van der Waals surface area contributed by atoms with Crippen LogP contribution in [0.1, 0.15) is 13.3 Å². The zero-order valence-corrected chi connectivity index (χ0v) is 11.7. The van der Waals surface area contributed by atoms with Gasteiger partial charge in [0.25, 0.3) is 0 Å². The van der Waals surface area contributed by atoms with Crippen molar-refractivity contribution in [2.75, 3.05) is 11.9 Å². The van der Waals surface area contributed by atoms with Crippen LogP contribution in [0.4, 0.5) is 10.5 Å². The quantitative estimate of drug-likeness (QED) is 0.787. The molecule has 6 nitrogen and oxygen atoms in total. The maximum absolute atomic E-state index is 11.8. The first kappa shape index (κ1) is 14.8. The summed E-state index contributed by atoms with van der Waals surface area (Å²) >= 11 is 0. The first-order chi connectivity index (χ1) is 10.1. The summed E-state index contributed by atoms with van der Waals surface area (Å²) in [5, 5.41) is 15.1. The van der Waals surface area contributed by atoms with E-state index in [4.69, 9.17) is 5.11 Å². The monoisotopic (exact) mass is 287 g/mol. The molecule has 3 N–H and O–H groups in total. The van der Waals surface area contributed by atoms with Crippen molar-refractivity contribution >= 4 is 28.6 Å². The largest absolute Gasteiger partial charge is 0.481 e. The van der Waals surface area contributed by atoms with Crippen LogP contribution in [0.2, 0.25) is 0 Å². The highest BCUT2D eigenvalue weighted by Gasteiger charge is 2.11. The molecule has 110 valence electrons. The van der Waals surface area contributed by atoms with Gasteiger partial charge in [-0.3, -0.25) is 9.78 Å². The van der Waals surface area contributed by atoms with Crippen molar-refractivity contribution in [2.45, 2.75) is 13.3 Å². The van der Waals surface area contributed by atoms with Crippen molar-refractivity contribution in [3.63, 3.8) is 0 Å². The Balaban J connectivity index is 1.94. The molecule has 6 heteroatoms. The molecule has 0 aliphatic carbocycles. The fourth-order valence-corrected chi connectivity index (χ4v) is 1.90. The van der Waals surface area contributed by atoms with E-state index in [0.29, 0.717) is 24.2 Å². The third kappa shape index (κ3) is 3.92. The van der Waals surface area contributed by atoms with E-state index >= 15 is 0 Å². The molecule has 0 saturated carbocycles. The number of amides is 2. The lowest BCUT2D eigenvalue weighted by Gasteiger charge is -2.10. The molecular formula is C15H17N3O3. The molecule has 0 aliphatic rings. The third-order valence-corrected chi connectivity index (χ3v) is 3.17. The number of carboxylic acids is 1. The maximum Gasteiger partial charge on any atom is 0.319 e. The van der Waals surface area contributed by atoms with E-state index in [9.17, 15) is 9.59 Å². The van der Waals surface area contributed by atoms with Crippen LogP contribution in [-0.4, -0.2) is 28.6 Å². The zero-order chi connectivity index (χ0) is 15.2. The second-order valence-electron chi connectivity index (χ2n) is 4.79. The average molecular weight is 287 g/mol. The normalized spacial score (nSPS) is 11.9. The number of para-hydroxylation sites is 1. The van der Waals surface area contributed by atoms with Crippen LogP contribution in [0.3, 0.4) is 0 Å². The minimum Gasteiger partial charge on any atom is -0.481 e. The van der Waals surface area contributed by atoms with Gasteiger partial charge in [-0.25, -0.2) is 4.79 Å². The van der Waals surface area contributed by atoms with Crippen molar-refractivity contribution in [3.8, 4) is 0 Å². The number of aromatic nitrogens is 1. The lowest BCUT2D eigenvalue weighted by molar-refractivity contribution is -0.141. The Kier molecular flexibility index (Phi) is 4.71. The summed E-state index contributed by atoms with van der Waals surface area (Å²) in [4.78, 5) is 26.7. The standard InChI is InChI=1S/C15H17N3O3/c1-10(14(19)20)7-9-17-15(21)18-12-6-2-4-11-5-3-8-16-13(11)12/h2-6,8,10H,7,9H2,1H3,(H,19,20)(H2,17,18,21). The summed E-state index contributed by atoms with van der Waals surface area (Å²) in [6, 6.07) is 8.91. The van der Waals surface area contributed by atoms with Gasteiger partial charge in [0.2, 0.25) is 0 Å². The number of carboxylic acid groups (broad SMARTS) is 1. The average Bonchev–Trinajstić information content (AvgIpc) is 2.47. The smallest absolute Gasteiger partial charge is 0.319 e. The number of carbonyl (C=O) groups excluding carboxylic acids is 1. The van der Waals surface area contributed by atoms with E-state index in [1.165, 1.54) is 0 Å². The van der Waals surface area contributed by atoms with Crippen LogP contribution in [0.5, 0.6) is 0 Å². The summed E-state index contributed by atoms with van der Waals surface area (Å²) in [6.07, 6.45) is 2.05. The number of nitrogens with zero attached hydrogens (tertiary/aromatic N) is 1.